The summed E-state index contributed by atoms with van der Waals surface area (Å²) in [6, 6.07) is 14.2. The number of rotatable bonds is 6. The third-order valence-corrected chi connectivity index (χ3v) is 4.44. The number of carbonyl (C=O) groups is 4. The van der Waals surface area contributed by atoms with Crippen molar-refractivity contribution in [3.63, 3.8) is 0 Å². The van der Waals surface area contributed by atoms with Gasteiger partial charge in [-0.15, -0.1) is 0 Å². The number of imide groups is 2. The number of methoxy groups -OCH3 is 1. The van der Waals surface area contributed by atoms with Gasteiger partial charge in [0.25, 0.3) is 0 Å². The Morgan fingerprint density at radius 2 is 1.64 bits per heavy atom. The number of para-hydroxylation sites is 2. The first-order valence-corrected chi connectivity index (χ1v) is 8.61. The van der Waals surface area contributed by atoms with Crippen molar-refractivity contribution in [2.75, 3.05) is 19.0 Å². The quantitative estimate of drug-likeness (QED) is 0.611. The molecule has 144 valence electrons. The average molecular weight is 381 g/mol. The number of carbonyl (C=O) groups excluding carboxylic acids is 4. The maximum absolute atomic E-state index is 12.7. The van der Waals surface area contributed by atoms with Crippen molar-refractivity contribution < 1.29 is 23.9 Å². The molecule has 0 aliphatic carbocycles. The van der Waals surface area contributed by atoms with Crippen LogP contribution in [-0.4, -0.2) is 47.2 Å². The second-order valence-corrected chi connectivity index (χ2v) is 6.18. The Hall–Kier alpha value is -3.68. The molecular weight excluding hydrogens is 362 g/mol. The average Bonchev–Trinajstić information content (AvgIpc) is 2.92. The molecule has 28 heavy (non-hydrogen) atoms. The van der Waals surface area contributed by atoms with Crippen LogP contribution in [0.25, 0.3) is 0 Å². The lowest BCUT2D eigenvalue weighted by atomic mass is 10.1. The Balaban J connectivity index is 1.74. The van der Waals surface area contributed by atoms with Crippen LogP contribution in [-0.2, 0) is 14.4 Å². The summed E-state index contributed by atoms with van der Waals surface area (Å²) in [6.45, 7) is 1.08. The molecule has 1 saturated heterocycles. The fourth-order valence-electron chi connectivity index (χ4n) is 2.97. The summed E-state index contributed by atoms with van der Waals surface area (Å²) < 4.78 is 5.15. The molecule has 8 heteroatoms. The summed E-state index contributed by atoms with van der Waals surface area (Å²) in [5, 5.41) is 2.58. The minimum Gasteiger partial charge on any atom is -0.495 e. The molecule has 1 heterocycles. The van der Waals surface area contributed by atoms with Crippen LogP contribution in [0.5, 0.6) is 5.75 Å². The predicted octanol–water partition coefficient (Wildman–Crippen LogP) is 2.19. The molecule has 8 nitrogen and oxygen atoms in total. The van der Waals surface area contributed by atoms with E-state index in [4.69, 9.17) is 4.74 Å². The maximum Gasteiger partial charge on any atom is 0.335 e. The zero-order valence-electron chi connectivity index (χ0n) is 15.4. The fourth-order valence-corrected chi connectivity index (χ4v) is 2.97. The van der Waals surface area contributed by atoms with E-state index in [2.05, 4.69) is 5.32 Å². The normalized spacial score (nSPS) is 15.0. The molecule has 0 spiro atoms. The predicted molar refractivity (Wildman–Crippen MR) is 100 cm³/mol. The number of nitrogens with zero attached hydrogens (tertiary/aromatic N) is 2. The van der Waals surface area contributed by atoms with Crippen molar-refractivity contribution in [1.29, 1.82) is 0 Å². The van der Waals surface area contributed by atoms with Crippen molar-refractivity contribution in [2.24, 2.45) is 0 Å². The lowest BCUT2D eigenvalue weighted by Crippen LogP contribution is -2.39. The van der Waals surface area contributed by atoms with Crippen LogP contribution in [0, 0.1) is 0 Å². The number of hydrogen-bond acceptors (Lipinski definition) is 5. The van der Waals surface area contributed by atoms with E-state index in [1.807, 2.05) is 6.07 Å². The summed E-state index contributed by atoms with van der Waals surface area (Å²) in [4.78, 5) is 51.1. The topological polar surface area (TPSA) is 96.0 Å². The Morgan fingerprint density at radius 1 is 1.00 bits per heavy atom. The van der Waals surface area contributed by atoms with Crippen molar-refractivity contribution in [3.8, 4) is 5.75 Å². The molecule has 3 rings (SSSR count). The van der Waals surface area contributed by atoms with Crippen LogP contribution >= 0.6 is 0 Å². The van der Waals surface area contributed by atoms with Crippen LogP contribution in [0.2, 0.25) is 0 Å². The van der Waals surface area contributed by atoms with Gasteiger partial charge in [0.05, 0.1) is 18.8 Å². The van der Waals surface area contributed by atoms with Crippen molar-refractivity contribution in [1.82, 2.24) is 9.80 Å². The van der Waals surface area contributed by atoms with Crippen molar-refractivity contribution in [3.05, 3.63) is 60.2 Å². The second-order valence-electron chi connectivity index (χ2n) is 6.18. The highest BCUT2D eigenvalue weighted by Crippen LogP contribution is 2.27. The van der Waals surface area contributed by atoms with Gasteiger partial charge in [0, 0.05) is 0 Å². The number of benzene rings is 2. The molecule has 1 unspecified atom stereocenters. The number of anilines is 1. The van der Waals surface area contributed by atoms with Crippen LogP contribution < -0.4 is 10.1 Å². The molecule has 5 amide bonds. The highest BCUT2D eigenvalue weighted by molar-refractivity contribution is 6.45. The number of ether oxygens (including phenoxy) is 1. The summed E-state index contributed by atoms with van der Waals surface area (Å²) in [5.74, 6) is -2.16. The Kier molecular flexibility index (Phi) is 5.39. The van der Waals surface area contributed by atoms with E-state index in [1.54, 1.807) is 55.5 Å². The standard InChI is InChI=1S/C20H19N3O5/c1-13(14-8-4-3-5-9-14)23-19(26)18(25)22(20(23)27)12-17(24)21-15-10-6-7-11-16(15)28-2/h3-11,13H,12H2,1-2H3,(H,21,24). The van der Waals surface area contributed by atoms with Crippen molar-refractivity contribution >= 4 is 29.4 Å². The van der Waals surface area contributed by atoms with E-state index >= 15 is 0 Å². The van der Waals surface area contributed by atoms with Gasteiger partial charge < -0.3 is 10.1 Å². The highest BCUT2D eigenvalue weighted by Gasteiger charge is 2.47. The second kappa shape index (κ2) is 7.91. The largest absolute Gasteiger partial charge is 0.495 e. The van der Waals surface area contributed by atoms with Crippen LogP contribution in [0.4, 0.5) is 10.5 Å². The van der Waals surface area contributed by atoms with Gasteiger partial charge in [-0.2, -0.15) is 0 Å². The lowest BCUT2D eigenvalue weighted by Gasteiger charge is -2.22. The van der Waals surface area contributed by atoms with Gasteiger partial charge in [-0.3, -0.25) is 14.4 Å². The van der Waals surface area contributed by atoms with E-state index in [0.29, 0.717) is 21.9 Å². The molecule has 2 aromatic carbocycles. The minimum absolute atomic E-state index is 0.398. The molecule has 1 aliphatic rings. The van der Waals surface area contributed by atoms with Crippen LogP contribution in [0.3, 0.4) is 0 Å². The van der Waals surface area contributed by atoms with E-state index in [-0.39, 0.29) is 0 Å². The zero-order valence-corrected chi connectivity index (χ0v) is 15.4. The van der Waals surface area contributed by atoms with Crippen LogP contribution in [0.15, 0.2) is 54.6 Å². The molecule has 1 atom stereocenters. The number of urea groups is 1. The first-order valence-electron chi connectivity index (χ1n) is 8.61. The number of hydrogen-bond donors (Lipinski definition) is 1. The highest BCUT2D eigenvalue weighted by atomic mass is 16.5. The minimum atomic E-state index is -1.03. The van der Waals surface area contributed by atoms with E-state index in [0.717, 1.165) is 4.90 Å². The first-order chi connectivity index (χ1) is 13.4. The van der Waals surface area contributed by atoms with E-state index in [9.17, 15) is 19.2 Å². The number of nitrogens with one attached hydrogen (secondary N) is 1. The molecular formula is C20H19N3O5. The number of amides is 5. The van der Waals surface area contributed by atoms with Crippen molar-refractivity contribution in [2.45, 2.75) is 13.0 Å². The third-order valence-electron chi connectivity index (χ3n) is 4.44. The first kappa shape index (κ1) is 19.1. The summed E-state index contributed by atoms with van der Waals surface area (Å²) in [6.07, 6.45) is 0. The molecule has 0 radical (unpaired) electrons. The maximum atomic E-state index is 12.7. The summed E-state index contributed by atoms with van der Waals surface area (Å²) in [5.41, 5.74) is 1.10. The Morgan fingerprint density at radius 3 is 2.32 bits per heavy atom. The van der Waals surface area contributed by atoms with Gasteiger partial charge >= 0.3 is 17.8 Å². The Labute approximate surface area is 161 Å². The fraction of sp³-hybridized carbons (Fsp3) is 0.200. The molecule has 1 fully saturated rings. The van der Waals surface area contributed by atoms with Gasteiger partial charge in [-0.05, 0) is 24.6 Å². The summed E-state index contributed by atoms with van der Waals surface area (Å²) in [7, 11) is 1.46. The van der Waals surface area contributed by atoms with Gasteiger partial charge in [0.15, 0.2) is 0 Å². The van der Waals surface area contributed by atoms with Gasteiger partial charge in [-0.25, -0.2) is 14.6 Å². The van der Waals surface area contributed by atoms with Gasteiger partial charge in [0.2, 0.25) is 5.91 Å². The SMILES string of the molecule is COc1ccccc1NC(=O)CN1C(=O)C(=O)N(C(C)c2ccccc2)C1=O. The lowest BCUT2D eigenvalue weighted by molar-refractivity contribution is -0.144. The zero-order chi connectivity index (χ0) is 20.3. The van der Waals surface area contributed by atoms with Gasteiger partial charge in [-0.1, -0.05) is 42.5 Å². The molecule has 1 N–H and O–H groups in total. The van der Waals surface area contributed by atoms with Crippen LogP contribution in [0.1, 0.15) is 18.5 Å². The molecule has 0 aromatic heterocycles. The third kappa shape index (κ3) is 3.57. The molecule has 0 saturated carbocycles. The Bertz CT molecular complexity index is 928. The molecule has 0 bridgehead atoms. The van der Waals surface area contributed by atoms with E-state index in [1.165, 1.54) is 7.11 Å². The smallest absolute Gasteiger partial charge is 0.335 e. The van der Waals surface area contributed by atoms with Gasteiger partial charge in [0.1, 0.15) is 12.3 Å². The summed E-state index contributed by atoms with van der Waals surface area (Å²) >= 11 is 0. The molecule has 2 aromatic rings. The monoisotopic (exact) mass is 381 g/mol. The van der Waals surface area contributed by atoms with E-state index < -0.39 is 36.3 Å². The molecule has 1 aliphatic heterocycles.